The summed E-state index contributed by atoms with van der Waals surface area (Å²) in [6, 6.07) is 0.471. The molecule has 0 aliphatic carbocycles. The topological polar surface area (TPSA) is 50.3 Å². The summed E-state index contributed by atoms with van der Waals surface area (Å²) in [6.45, 7) is 8.02. The summed E-state index contributed by atoms with van der Waals surface area (Å²) in [5, 5.41) is 4.31. The average Bonchev–Trinajstić information content (AvgIpc) is 2.79. The van der Waals surface area contributed by atoms with Gasteiger partial charge in [0.15, 0.2) is 0 Å². The van der Waals surface area contributed by atoms with Crippen LogP contribution in [0.25, 0.3) is 0 Å². The average molecular weight is 237 g/mol. The molecule has 5 nitrogen and oxygen atoms in total. The van der Waals surface area contributed by atoms with E-state index in [1.807, 2.05) is 10.9 Å². The summed E-state index contributed by atoms with van der Waals surface area (Å²) in [5.74, 6) is 0. The van der Waals surface area contributed by atoms with Crippen LogP contribution in [0.2, 0.25) is 0 Å². The molecular weight excluding hydrogens is 214 g/mol. The van der Waals surface area contributed by atoms with Crippen molar-refractivity contribution < 1.29 is 0 Å². The lowest BCUT2D eigenvalue weighted by Crippen LogP contribution is -2.54. The van der Waals surface area contributed by atoms with E-state index in [-0.39, 0.29) is 0 Å². The first-order valence-electron chi connectivity index (χ1n) is 6.37. The molecule has 1 aliphatic rings. The molecule has 2 heterocycles. The van der Waals surface area contributed by atoms with Crippen molar-refractivity contribution in [3.8, 4) is 0 Å². The van der Waals surface area contributed by atoms with Gasteiger partial charge < -0.3 is 10.6 Å². The highest BCUT2D eigenvalue weighted by molar-refractivity contribution is 5.04. The summed E-state index contributed by atoms with van der Waals surface area (Å²) in [5.41, 5.74) is 7.14. The minimum Gasteiger partial charge on any atom is -0.329 e. The molecule has 0 amide bonds. The van der Waals surface area contributed by atoms with Crippen LogP contribution in [0.4, 0.5) is 0 Å². The highest BCUT2D eigenvalue weighted by Crippen LogP contribution is 2.12. The Balaban J connectivity index is 1.97. The lowest BCUT2D eigenvalue weighted by atomic mass is 10.1. The van der Waals surface area contributed by atoms with Crippen molar-refractivity contribution in [2.75, 3.05) is 33.2 Å². The number of hydrogen-bond donors (Lipinski definition) is 1. The predicted molar refractivity (Wildman–Crippen MR) is 68.7 cm³/mol. The molecule has 0 saturated carbocycles. The highest BCUT2D eigenvalue weighted by atomic mass is 15.3. The SMILES string of the molecule is CCn1cc(CN2CCN(C)CC2CN)cn1. The number of piperazine rings is 1. The summed E-state index contributed by atoms with van der Waals surface area (Å²) in [7, 11) is 2.16. The molecule has 0 radical (unpaired) electrons. The Hall–Kier alpha value is -0.910. The maximum absolute atomic E-state index is 5.85. The van der Waals surface area contributed by atoms with E-state index in [0.717, 1.165) is 39.3 Å². The fourth-order valence-corrected chi connectivity index (χ4v) is 2.38. The Morgan fingerprint density at radius 2 is 2.29 bits per heavy atom. The van der Waals surface area contributed by atoms with Crippen LogP contribution in [0.1, 0.15) is 12.5 Å². The van der Waals surface area contributed by atoms with Gasteiger partial charge in [0.1, 0.15) is 0 Å². The van der Waals surface area contributed by atoms with Gasteiger partial charge in [0.05, 0.1) is 6.20 Å². The van der Waals surface area contributed by atoms with Crippen molar-refractivity contribution in [1.29, 1.82) is 0 Å². The van der Waals surface area contributed by atoms with E-state index in [0.29, 0.717) is 6.04 Å². The number of aromatic nitrogens is 2. The van der Waals surface area contributed by atoms with Gasteiger partial charge in [-0.25, -0.2) is 0 Å². The Kier molecular flexibility index (Phi) is 4.15. The molecule has 1 saturated heterocycles. The molecule has 1 aromatic rings. The fraction of sp³-hybridized carbons (Fsp3) is 0.750. The number of rotatable bonds is 4. The molecule has 0 aromatic carbocycles. The van der Waals surface area contributed by atoms with Gasteiger partial charge in [0.25, 0.3) is 0 Å². The summed E-state index contributed by atoms with van der Waals surface area (Å²) >= 11 is 0. The molecule has 0 spiro atoms. The van der Waals surface area contributed by atoms with Crippen LogP contribution in [0.15, 0.2) is 12.4 Å². The molecule has 2 rings (SSSR count). The van der Waals surface area contributed by atoms with Crippen LogP contribution in [-0.2, 0) is 13.1 Å². The highest BCUT2D eigenvalue weighted by Gasteiger charge is 2.24. The third-order valence-electron chi connectivity index (χ3n) is 3.48. The number of aryl methyl sites for hydroxylation is 1. The zero-order valence-electron chi connectivity index (χ0n) is 10.8. The van der Waals surface area contributed by atoms with Crippen molar-refractivity contribution in [2.45, 2.75) is 26.1 Å². The van der Waals surface area contributed by atoms with Crippen LogP contribution in [0.5, 0.6) is 0 Å². The number of likely N-dealkylation sites (N-methyl/N-ethyl adjacent to an activating group) is 1. The number of nitrogens with two attached hydrogens (primary N) is 1. The van der Waals surface area contributed by atoms with Crippen molar-refractivity contribution in [3.63, 3.8) is 0 Å². The standard InChI is InChI=1S/C12H23N5/c1-3-17-9-11(7-14-17)8-16-5-4-15(2)10-12(16)6-13/h7,9,12H,3-6,8,10,13H2,1-2H3. The molecule has 0 bridgehead atoms. The van der Waals surface area contributed by atoms with Crippen LogP contribution in [0.3, 0.4) is 0 Å². The second kappa shape index (κ2) is 5.62. The number of nitrogens with zero attached hydrogens (tertiary/aromatic N) is 4. The first kappa shape index (κ1) is 12.5. The molecule has 5 heteroatoms. The van der Waals surface area contributed by atoms with E-state index in [1.165, 1.54) is 5.56 Å². The molecule has 1 aromatic heterocycles. The molecule has 2 N–H and O–H groups in total. The summed E-state index contributed by atoms with van der Waals surface area (Å²) < 4.78 is 1.98. The molecule has 1 aliphatic heterocycles. The minimum absolute atomic E-state index is 0.471. The lowest BCUT2D eigenvalue weighted by molar-refractivity contribution is 0.0881. The van der Waals surface area contributed by atoms with Crippen molar-refractivity contribution in [3.05, 3.63) is 18.0 Å². The largest absolute Gasteiger partial charge is 0.329 e. The Bertz CT molecular complexity index is 348. The molecule has 1 atom stereocenters. The van der Waals surface area contributed by atoms with E-state index in [1.54, 1.807) is 0 Å². The zero-order chi connectivity index (χ0) is 12.3. The van der Waals surface area contributed by atoms with E-state index in [4.69, 9.17) is 5.73 Å². The zero-order valence-corrected chi connectivity index (χ0v) is 10.8. The van der Waals surface area contributed by atoms with Gasteiger partial charge in [-0.15, -0.1) is 0 Å². The van der Waals surface area contributed by atoms with E-state index in [9.17, 15) is 0 Å². The van der Waals surface area contributed by atoms with Crippen LogP contribution < -0.4 is 5.73 Å². The van der Waals surface area contributed by atoms with Gasteiger partial charge in [-0.3, -0.25) is 9.58 Å². The second-order valence-corrected chi connectivity index (χ2v) is 4.83. The van der Waals surface area contributed by atoms with Crippen LogP contribution in [0, 0.1) is 0 Å². The van der Waals surface area contributed by atoms with Crippen LogP contribution >= 0.6 is 0 Å². The normalized spacial score (nSPS) is 23.1. The first-order valence-corrected chi connectivity index (χ1v) is 6.37. The Morgan fingerprint density at radius 1 is 1.47 bits per heavy atom. The molecule has 1 fully saturated rings. The Labute approximate surface area is 103 Å². The smallest absolute Gasteiger partial charge is 0.0534 e. The third-order valence-corrected chi connectivity index (χ3v) is 3.48. The lowest BCUT2D eigenvalue weighted by Gasteiger charge is -2.39. The molecule has 96 valence electrons. The predicted octanol–water partition coefficient (Wildman–Crippen LogP) is -0.0223. The second-order valence-electron chi connectivity index (χ2n) is 4.83. The van der Waals surface area contributed by atoms with Crippen molar-refractivity contribution in [2.24, 2.45) is 5.73 Å². The van der Waals surface area contributed by atoms with Crippen molar-refractivity contribution >= 4 is 0 Å². The maximum Gasteiger partial charge on any atom is 0.0534 e. The molecule has 17 heavy (non-hydrogen) atoms. The monoisotopic (exact) mass is 237 g/mol. The minimum atomic E-state index is 0.471. The van der Waals surface area contributed by atoms with Gasteiger partial charge in [0, 0.05) is 57.1 Å². The van der Waals surface area contributed by atoms with E-state index in [2.05, 4.69) is 35.1 Å². The maximum atomic E-state index is 5.85. The van der Waals surface area contributed by atoms with Gasteiger partial charge in [0.2, 0.25) is 0 Å². The molecule has 1 unspecified atom stereocenters. The summed E-state index contributed by atoms with van der Waals surface area (Å²) in [4.78, 5) is 4.82. The molecular formula is C12H23N5. The van der Waals surface area contributed by atoms with E-state index >= 15 is 0 Å². The number of hydrogen-bond acceptors (Lipinski definition) is 4. The van der Waals surface area contributed by atoms with Gasteiger partial charge >= 0.3 is 0 Å². The fourth-order valence-electron chi connectivity index (χ4n) is 2.38. The quantitative estimate of drug-likeness (QED) is 0.799. The van der Waals surface area contributed by atoms with Gasteiger partial charge in [-0.05, 0) is 14.0 Å². The van der Waals surface area contributed by atoms with Gasteiger partial charge in [-0.2, -0.15) is 5.10 Å². The van der Waals surface area contributed by atoms with Crippen molar-refractivity contribution in [1.82, 2.24) is 19.6 Å². The Morgan fingerprint density at radius 3 is 2.94 bits per heavy atom. The van der Waals surface area contributed by atoms with E-state index < -0.39 is 0 Å². The van der Waals surface area contributed by atoms with Gasteiger partial charge in [-0.1, -0.05) is 0 Å². The first-order chi connectivity index (χ1) is 8.22. The third kappa shape index (κ3) is 3.06. The summed E-state index contributed by atoms with van der Waals surface area (Å²) in [6.07, 6.45) is 4.10. The van der Waals surface area contributed by atoms with Crippen LogP contribution in [-0.4, -0.2) is 58.8 Å².